The Hall–Kier alpha value is -0.320. The normalized spacial score (nSPS) is 7.36. The van der Waals surface area contributed by atoms with Crippen LogP contribution in [0.15, 0.2) is 0 Å². The Labute approximate surface area is 135 Å². The van der Waals surface area contributed by atoms with Gasteiger partial charge in [-0.2, -0.15) is 0 Å². The standard InChI is InChI=1S/C14H30O.7H2O/c1-3-5-7-9-11-13-15-14-12-10-8-6-4-2;;;;;;;/h3-14H2,1-2H3;7*1H2. The zero-order valence-electron chi connectivity index (χ0n) is 14.4. The minimum absolute atomic E-state index is 0. The van der Waals surface area contributed by atoms with Gasteiger partial charge in [0, 0.05) is 13.2 Å². The lowest BCUT2D eigenvalue weighted by molar-refractivity contribution is 0.125. The summed E-state index contributed by atoms with van der Waals surface area (Å²) in [5.74, 6) is 0. The minimum atomic E-state index is 0. The molecule has 8 heteroatoms. The molecule has 148 valence electrons. The Bertz CT molecular complexity index is 105. The predicted octanol–water partition coefficient (Wildman–Crippen LogP) is -0.829. The van der Waals surface area contributed by atoms with E-state index < -0.39 is 0 Å². The topological polar surface area (TPSA) is 230 Å². The maximum atomic E-state index is 5.59. The van der Waals surface area contributed by atoms with Crippen LogP contribution in [0.2, 0.25) is 0 Å². The molecule has 0 aliphatic rings. The lowest BCUT2D eigenvalue weighted by Gasteiger charge is -2.03. The maximum absolute atomic E-state index is 5.59. The molecule has 0 atom stereocenters. The average molecular weight is 340 g/mol. The van der Waals surface area contributed by atoms with Crippen LogP contribution in [0.3, 0.4) is 0 Å². The largest absolute Gasteiger partial charge is 0.412 e. The van der Waals surface area contributed by atoms with E-state index in [1.54, 1.807) is 0 Å². The summed E-state index contributed by atoms with van der Waals surface area (Å²) < 4.78 is 5.59. The summed E-state index contributed by atoms with van der Waals surface area (Å²) >= 11 is 0. The Morgan fingerprint density at radius 1 is 0.409 bits per heavy atom. The molecule has 0 aliphatic heterocycles. The van der Waals surface area contributed by atoms with E-state index in [0.29, 0.717) is 0 Å². The molecule has 22 heavy (non-hydrogen) atoms. The van der Waals surface area contributed by atoms with Crippen molar-refractivity contribution >= 4 is 0 Å². The first kappa shape index (κ1) is 49.5. The molecular weight excluding hydrogens is 296 g/mol. The summed E-state index contributed by atoms with van der Waals surface area (Å²) in [6.07, 6.45) is 13.4. The predicted molar refractivity (Wildman–Crippen MR) is 93.6 cm³/mol. The van der Waals surface area contributed by atoms with Crippen LogP contribution >= 0.6 is 0 Å². The molecule has 0 heterocycles. The molecule has 8 nitrogen and oxygen atoms in total. The van der Waals surface area contributed by atoms with Gasteiger partial charge < -0.3 is 43.1 Å². The van der Waals surface area contributed by atoms with E-state index in [9.17, 15) is 0 Å². The van der Waals surface area contributed by atoms with Gasteiger partial charge in [-0.1, -0.05) is 65.2 Å². The van der Waals surface area contributed by atoms with Crippen LogP contribution in [-0.4, -0.2) is 51.5 Å². The molecule has 0 bridgehead atoms. The average Bonchev–Trinajstić information content (AvgIpc) is 2.26. The minimum Gasteiger partial charge on any atom is -0.412 e. The Morgan fingerprint density at radius 2 is 0.682 bits per heavy atom. The van der Waals surface area contributed by atoms with Crippen molar-refractivity contribution in [2.24, 2.45) is 0 Å². The van der Waals surface area contributed by atoms with Crippen molar-refractivity contribution in [3.63, 3.8) is 0 Å². The zero-order valence-corrected chi connectivity index (χ0v) is 14.4. The maximum Gasteiger partial charge on any atom is 0.0466 e. The molecule has 0 aliphatic carbocycles. The first-order valence-electron chi connectivity index (χ1n) is 6.99. The second kappa shape index (κ2) is 49.8. The Kier molecular flexibility index (Phi) is 112. The van der Waals surface area contributed by atoms with Crippen LogP contribution in [0, 0.1) is 0 Å². The molecule has 0 unspecified atom stereocenters. The first-order chi connectivity index (χ1) is 7.41. The van der Waals surface area contributed by atoms with Crippen LogP contribution in [0.1, 0.15) is 78.1 Å². The summed E-state index contributed by atoms with van der Waals surface area (Å²) in [6.45, 7) is 6.48. The van der Waals surface area contributed by atoms with Crippen molar-refractivity contribution in [1.29, 1.82) is 0 Å². The summed E-state index contributed by atoms with van der Waals surface area (Å²) in [6, 6.07) is 0. The molecule has 0 saturated carbocycles. The lowest BCUT2D eigenvalue weighted by Crippen LogP contribution is -1.97. The fourth-order valence-electron chi connectivity index (χ4n) is 1.72. The van der Waals surface area contributed by atoms with Gasteiger partial charge >= 0.3 is 0 Å². The molecule has 0 aromatic rings. The van der Waals surface area contributed by atoms with Gasteiger partial charge in [-0.3, -0.25) is 0 Å². The Balaban J connectivity index is -0.0000000467. The number of hydrogen-bond acceptors (Lipinski definition) is 1. The van der Waals surface area contributed by atoms with Crippen LogP contribution in [0.4, 0.5) is 0 Å². The van der Waals surface area contributed by atoms with Gasteiger partial charge in [-0.15, -0.1) is 0 Å². The van der Waals surface area contributed by atoms with Gasteiger partial charge in [0.2, 0.25) is 0 Å². The van der Waals surface area contributed by atoms with E-state index in [1.165, 1.54) is 64.2 Å². The second-order valence-corrected chi connectivity index (χ2v) is 4.44. The fraction of sp³-hybridized carbons (Fsp3) is 1.00. The van der Waals surface area contributed by atoms with E-state index in [1.807, 2.05) is 0 Å². The summed E-state index contributed by atoms with van der Waals surface area (Å²) in [5.41, 5.74) is 0. The molecule has 0 amide bonds. The van der Waals surface area contributed by atoms with Crippen molar-refractivity contribution in [2.75, 3.05) is 13.2 Å². The molecule has 0 radical (unpaired) electrons. The molecule has 0 rings (SSSR count). The molecule has 0 aromatic carbocycles. The van der Waals surface area contributed by atoms with Gasteiger partial charge in [0.1, 0.15) is 0 Å². The van der Waals surface area contributed by atoms with Crippen molar-refractivity contribution in [3.05, 3.63) is 0 Å². The van der Waals surface area contributed by atoms with Crippen molar-refractivity contribution in [3.8, 4) is 0 Å². The molecule has 0 aromatic heterocycles. The first-order valence-corrected chi connectivity index (χ1v) is 6.99. The smallest absolute Gasteiger partial charge is 0.0466 e. The highest BCUT2D eigenvalue weighted by Gasteiger charge is 1.91. The molecule has 0 spiro atoms. The van der Waals surface area contributed by atoms with Gasteiger partial charge in [0.15, 0.2) is 0 Å². The van der Waals surface area contributed by atoms with E-state index >= 15 is 0 Å². The number of hydrogen-bond donors (Lipinski definition) is 0. The third-order valence-electron chi connectivity index (χ3n) is 2.78. The quantitative estimate of drug-likeness (QED) is 0.406. The van der Waals surface area contributed by atoms with E-state index in [4.69, 9.17) is 4.74 Å². The van der Waals surface area contributed by atoms with Crippen LogP contribution in [0.25, 0.3) is 0 Å². The third-order valence-corrected chi connectivity index (χ3v) is 2.78. The van der Waals surface area contributed by atoms with Crippen LogP contribution < -0.4 is 0 Å². The fourth-order valence-corrected chi connectivity index (χ4v) is 1.72. The van der Waals surface area contributed by atoms with Gasteiger partial charge in [-0.05, 0) is 12.8 Å². The zero-order chi connectivity index (χ0) is 11.2. The highest BCUT2D eigenvalue weighted by atomic mass is 16.5. The van der Waals surface area contributed by atoms with Gasteiger partial charge in [-0.25, -0.2) is 0 Å². The van der Waals surface area contributed by atoms with E-state index in [0.717, 1.165) is 13.2 Å². The van der Waals surface area contributed by atoms with Crippen molar-refractivity contribution in [2.45, 2.75) is 78.1 Å². The molecule has 0 saturated heterocycles. The monoisotopic (exact) mass is 340 g/mol. The SMILES string of the molecule is CCCCCCCOCCCCCCC.O.O.O.O.O.O.O. The Morgan fingerprint density at radius 3 is 0.955 bits per heavy atom. The summed E-state index contributed by atoms with van der Waals surface area (Å²) in [4.78, 5) is 0. The van der Waals surface area contributed by atoms with E-state index in [-0.39, 0.29) is 38.3 Å². The number of unbranched alkanes of at least 4 members (excludes halogenated alkanes) is 8. The number of rotatable bonds is 12. The van der Waals surface area contributed by atoms with Gasteiger partial charge in [0.25, 0.3) is 0 Å². The number of ether oxygens (including phenoxy) is 1. The molecule has 14 N–H and O–H groups in total. The highest BCUT2D eigenvalue weighted by molar-refractivity contribution is 4.44. The lowest BCUT2D eigenvalue weighted by atomic mass is 10.1. The van der Waals surface area contributed by atoms with Gasteiger partial charge in [0.05, 0.1) is 0 Å². The van der Waals surface area contributed by atoms with Crippen LogP contribution in [0.5, 0.6) is 0 Å². The third kappa shape index (κ3) is 50.3. The summed E-state index contributed by atoms with van der Waals surface area (Å²) in [5, 5.41) is 0. The molecular formula is C14H44O8. The second-order valence-electron chi connectivity index (χ2n) is 4.44. The van der Waals surface area contributed by atoms with Crippen molar-refractivity contribution < 1.29 is 43.1 Å². The molecule has 0 fully saturated rings. The van der Waals surface area contributed by atoms with Crippen molar-refractivity contribution in [1.82, 2.24) is 0 Å². The van der Waals surface area contributed by atoms with E-state index in [2.05, 4.69) is 13.8 Å². The summed E-state index contributed by atoms with van der Waals surface area (Å²) in [7, 11) is 0. The highest BCUT2D eigenvalue weighted by Crippen LogP contribution is 2.04. The van der Waals surface area contributed by atoms with Crippen LogP contribution in [-0.2, 0) is 4.74 Å².